The van der Waals surface area contributed by atoms with E-state index in [1.807, 2.05) is 19.9 Å². The van der Waals surface area contributed by atoms with Crippen LogP contribution in [0, 0.1) is 0 Å². The van der Waals surface area contributed by atoms with E-state index in [9.17, 15) is 9.59 Å². The number of fused-ring (bicyclic) bond motifs is 1. The van der Waals surface area contributed by atoms with Crippen molar-refractivity contribution in [1.82, 2.24) is 14.9 Å². The zero-order valence-electron chi connectivity index (χ0n) is 12.0. The average Bonchev–Trinajstić information content (AvgIpc) is 2.39. The Kier molecular flexibility index (Phi) is 5.46. The van der Waals surface area contributed by atoms with Crippen molar-refractivity contribution in [2.75, 3.05) is 6.54 Å². The fourth-order valence-corrected chi connectivity index (χ4v) is 1.76. The lowest BCUT2D eigenvalue weighted by Crippen LogP contribution is -2.46. The molecule has 1 heterocycles. The van der Waals surface area contributed by atoms with Crippen molar-refractivity contribution in [1.29, 1.82) is 0 Å². The van der Waals surface area contributed by atoms with E-state index in [-0.39, 0.29) is 30.4 Å². The van der Waals surface area contributed by atoms with Crippen LogP contribution in [0.5, 0.6) is 0 Å². The third kappa shape index (κ3) is 4.54. The summed E-state index contributed by atoms with van der Waals surface area (Å²) in [5.41, 5.74) is 5.70. The second kappa shape index (κ2) is 6.69. The van der Waals surface area contributed by atoms with Crippen molar-refractivity contribution in [3.8, 4) is 0 Å². The van der Waals surface area contributed by atoms with E-state index >= 15 is 0 Å². The third-order valence-corrected chi connectivity index (χ3v) is 2.79. The molecule has 0 spiro atoms. The molecule has 114 valence electrons. The van der Waals surface area contributed by atoms with Crippen LogP contribution in [-0.4, -0.2) is 27.5 Å². The minimum absolute atomic E-state index is 0. The number of hydrogen-bond acceptors (Lipinski definition) is 4. The largest absolute Gasteiger partial charge is 0.353 e. The first-order valence-electron chi connectivity index (χ1n) is 6.36. The van der Waals surface area contributed by atoms with E-state index in [0.717, 1.165) is 0 Å². The molecule has 0 saturated carbocycles. The second-order valence-electron chi connectivity index (χ2n) is 5.46. The molecule has 0 atom stereocenters. The molecular formula is C14H19ClN4O2. The van der Waals surface area contributed by atoms with Gasteiger partial charge in [0, 0.05) is 12.1 Å². The molecule has 1 amide bonds. The fourth-order valence-electron chi connectivity index (χ4n) is 1.76. The number of para-hydroxylation sites is 1. The van der Waals surface area contributed by atoms with Gasteiger partial charge < -0.3 is 11.1 Å². The summed E-state index contributed by atoms with van der Waals surface area (Å²) >= 11 is 0. The topological polar surface area (TPSA) is 90.0 Å². The SMILES string of the molecule is CC(C)(N)CNC(=O)Cn1cnc2ccccc2c1=O.Cl. The number of nitrogens with zero attached hydrogens (tertiary/aromatic N) is 2. The van der Waals surface area contributed by atoms with Crippen molar-refractivity contribution >= 4 is 29.2 Å². The standard InChI is InChI=1S/C14H18N4O2.ClH/c1-14(2,15)8-16-12(19)7-18-9-17-11-6-4-3-5-10(11)13(18)20;/h3-6,9H,7-8,15H2,1-2H3,(H,16,19);1H. The maximum atomic E-state index is 12.2. The lowest BCUT2D eigenvalue weighted by molar-refractivity contribution is -0.121. The van der Waals surface area contributed by atoms with Gasteiger partial charge in [-0.05, 0) is 26.0 Å². The minimum atomic E-state index is -0.484. The van der Waals surface area contributed by atoms with Crippen molar-refractivity contribution in [2.24, 2.45) is 5.73 Å². The van der Waals surface area contributed by atoms with Gasteiger partial charge in [0.2, 0.25) is 5.91 Å². The summed E-state index contributed by atoms with van der Waals surface area (Å²) in [6.07, 6.45) is 1.39. The van der Waals surface area contributed by atoms with E-state index in [1.165, 1.54) is 10.9 Å². The predicted molar refractivity (Wildman–Crippen MR) is 84.5 cm³/mol. The summed E-state index contributed by atoms with van der Waals surface area (Å²) in [6.45, 7) is 3.92. The Balaban J connectivity index is 0.00000220. The van der Waals surface area contributed by atoms with Crippen molar-refractivity contribution in [3.63, 3.8) is 0 Å². The molecule has 0 saturated heterocycles. The van der Waals surface area contributed by atoms with Crippen molar-refractivity contribution in [2.45, 2.75) is 25.9 Å². The van der Waals surface area contributed by atoms with Gasteiger partial charge in [-0.1, -0.05) is 12.1 Å². The summed E-state index contributed by atoms with van der Waals surface area (Å²) in [6, 6.07) is 7.04. The highest BCUT2D eigenvalue weighted by Crippen LogP contribution is 2.04. The van der Waals surface area contributed by atoms with Gasteiger partial charge in [0.15, 0.2) is 0 Å². The maximum Gasteiger partial charge on any atom is 0.261 e. The van der Waals surface area contributed by atoms with E-state index in [1.54, 1.807) is 18.2 Å². The number of carbonyl (C=O) groups is 1. The molecular weight excluding hydrogens is 292 g/mol. The normalized spacial score (nSPS) is 11.0. The molecule has 0 bridgehead atoms. The Labute approximate surface area is 128 Å². The average molecular weight is 311 g/mol. The number of hydrogen-bond donors (Lipinski definition) is 2. The molecule has 0 radical (unpaired) electrons. The Hall–Kier alpha value is -1.92. The van der Waals surface area contributed by atoms with Gasteiger partial charge in [-0.15, -0.1) is 12.4 Å². The predicted octanol–water partition coefficient (Wildman–Crippen LogP) is 0.672. The van der Waals surface area contributed by atoms with Gasteiger partial charge in [-0.2, -0.15) is 0 Å². The number of nitrogens with one attached hydrogen (secondary N) is 1. The molecule has 1 aromatic carbocycles. The van der Waals surface area contributed by atoms with Crippen molar-refractivity contribution < 1.29 is 4.79 Å². The smallest absolute Gasteiger partial charge is 0.261 e. The first kappa shape index (κ1) is 17.1. The second-order valence-corrected chi connectivity index (χ2v) is 5.46. The van der Waals surface area contributed by atoms with Crippen LogP contribution < -0.4 is 16.6 Å². The van der Waals surface area contributed by atoms with Crippen LogP contribution in [0.1, 0.15) is 13.8 Å². The summed E-state index contributed by atoms with van der Waals surface area (Å²) in [5, 5.41) is 3.20. The van der Waals surface area contributed by atoms with Crippen LogP contribution in [-0.2, 0) is 11.3 Å². The van der Waals surface area contributed by atoms with Crippen molar-refractivity contribution in [3.05, 3.63) is 40.9 Å². The number of halogens is 1. The Bertz CT molecular complexity index is 691. The highest BCUT2D eigenvalue weighted by atomic mass is 35.5. The van der Waals surface area contributed by atoms with Crippen LogP contribution in [0.2, 0.25) is 0 Å². The molecule has 0 fully saturated rings. The molecule has 0 unspecified atom stereocenters. The molecule has 0 aliphatic rings. The Morgan fingerprint density at radius 3 is 2.71 bits per heavy atom. The molecule has 0 aliphatic heterocycles. The summed E-state index contributed by atoms with van der Waals surface area (Å²) in [5.74, 6) is -0.261. The molecule has 7 heteroatoms. The highest BCUT2D eigenvalue weighted by Gasteiger charge is 2.13. The van der Waals surface area contributed by atoms with Gasteiger partial charge in [0.05, 0.1) is 17.2 Å². The van der Waals surface area contributed by atoms with Crippen LogP contribution in [0.3, 0.4) is 0 Å². The van der Waals surface area contributed by atoms with Crippen LogP contribution in [0.25, 0.3) is 10.9 Å². The van der Waals surface area contributed by atoms with Crippen LogP contribution in [0.4, 0.5) is 0 Å². The molecule has 3 N–H and O–H groups in total. The third-order valence-electron chi connectivity index (χ3n) is 2.79. The number of carbonyl (C=O) groups excluding carboxylic acids is 1. The Morgan fingerprint density at radius 1 is 1.38 bits per heavy atom. The Morgan fingerprint density at radius 2 is 2.05 bits per heavy atom. The molecule has 0 aliphatic carbocycles. The lowest BCUT2D eigenvalue weighted by atomic mass is 10.1. The summed E-state index contributed by atoms with van der Waals surface area (Å²) in [4.78, 5) is 28.1. The number of aromatic nitrogens is 2. The summed E-state index contributed by atoms with van der Waals surface area (Å²) in [7, 11) is 0. The molecule has 2 rings (SSSR count). The first-order chi connectivity index (χ1) is 9.37. The van der Waals surface area contributed by atoms with Gasteiger partial charge in [0.1, 0.15) is 6.54 Å². The maximum absolute atomic E-state index is 12.2. The summed E-state index contributed by atoms with van der Waals surface area (Å²) < 4.78 is 1.29. The van der Waals surface area contributed by atoms with Crippen LogP contribution >= 0.6 is 12.4 Å². The molecule has 6 nitrogen and oxygen atoms in total. The first-order valence-corrected chi connectivity index (χ1v) is 6.36. The molecule has 2 aromatic rings. The van der Waals surface area contributed by atoms with Gasteiger partial charge in [-0.25, -0.2) is 4.98 Å². The van der Waals surface area contributed by atoms with Crippen LogP contribution in [0.15, 0.2) is 35.4 Å². The lowest BCUT2D eigenvalue weighted by Gasteiger charge is -2.19. The van der Waals surface area contributed by atoms with Gasteiger partial charge in [0.25, 0.3) is 5.56 Å². The van der Waals surface area contributed by atoms with Gasteiger partial charge in [-0.3, -0.25) is 14.2 Å². The number of amides is 1. The highest BCUT2D eigenvalue weighted by molar-refractivity contribution is 5.85. The zero-order chi connectivity index (χ0) is 14.8. The number of rotatable bonds is 4. The fraction of sp³-hybridized carbons (Fsp3) is 0.357. The zero-order valence-corrected chi connectivity index (χ0v) is 12.8. The number of benzene rings is 1. The van der Waals surface area contributed by atoms with E-state index in [4.69, 9.17) is 5.73 Å². The molecule has 1 aromatic heterocycles. The monoisotopic (exact) mass is 310 g/mol. The number of nitrogens with two attached hydrogens (primary N) is 1. The quantitative estimate of drug-likeness (QED) is 0.868. The van der Waals surface area contributed by atoms with E-state index in [2.05, 4.69) is 10.3 Å². The minimum Gasteiger partial charge on any atom is -0.353 e. The van der Waals surface area contributed by atoms with E-state index < -0.39 is 5.54 Å². The molecule has 21 heavy (non-hydrogen) atoms. The van der Waals surface area contributed by atoms with E-state index in [0.29, 0.717) is 17.4 Å². The van der Waals surface area contributed by atoms with Gasteiger partial charge >= 0.3 is 0 Å².